The van der Waals surface area contributed by atoms with Crippen LogP contribution in [0.2, 0.25) is 0 Å². The van der Waals surface area contributed by atoms with Gasteiger partial charge >= 0.3 is 5.97 Å². The van der Waals surface area contributed by atoms with Gasteiger partial charge < -0.3 is 24.4 Å². The lowest BCUT2D eigenvalue weighted by molar-refractivity contribution is 0.0600. The molecule has 8 heteroatoms. The molecule has 1 saturated heterocycles. The van der Waals surface area contributed by atoms with Crippen molar-refractivity contribution < 1.29 is 9.53 Å². The van der Waals surface area contributed by atoms with Crippen LogP contribution in [0.15, 0.2) is 54.7 Å². The maximum absolute atomic E-state index is 11.9. The quantitative estimate of drug-likeness (QED) is 0.374. The number of methoxy groups -OCH3 is 1. The number of thiocarbonyl (C=S) groups is 1. The van der Waals surface area contributed by atoms with Crippen LogP contribution in [0.25, 0.3) is 5.69 Å². The molecule has 184 valence electrons. The van der Waals surface area contributed by atoms with Gasteiger partial charge in [0.1, 0.15) is 0 Å². The number of aromatic nitrogens is 2. The largest absolute Gasteiger partial charge is 0.465 e. The third kappa shape index (κ3) is 5.09. The normalized spacial score (nSPS) is 17.7. The molecule has 0 radical (unpaired) electrons. The van der Waals surface area contributed by atoms with Gasteiger partial charge in [-0.2, -0.15) is 0 Å². The Morgan fingerprint density at radius 3 is 2.54 bits per heavy atom. The highest BCUT2D eigenvalue weighted by Gasteiger charge is 2.41. The highest BCUT2D eigenvalue weighted by atomic mass is 32.1. The summed E-state index contributed by atoms with van der Waals surface area (Å²) in [6, 6.07) is 15.8. The number of benzene rings is 1. The Morgan fingerprint density at radius 2 is 1.91 bits per heavy atom. The molecule has 3 heterocycles. The predicted molar refractivity (Wildman–Crippen MR) is 142 cm³/mol. The van der Waals surface area contributed by atoms with Crippen LogP contribution in [0.3, 0.4) is 0 Å². The Hall–Kier alpha value is -3.23. The molecule has 0 aliphatic carbocycles. The first-order chi connectivity index (χ1) is 16.8. The van der Waals surface area contributed by atoms with E-state index in [1.165, 1.54) is 12.7 Å². The minimum atomic E-state index is -0.338. The highest BCUT2D eigenvalue weighted by molar-refractivity contribution is 7.80. The minimum absolute atomic E-state index is 0.0221. The Bertz CT molecular complexity index is 1190. The third-order valence-corrected chi connectivity index (χ3v) is 6.89. The van der Waals surface area contributed by atoms with E-state index in [2.05, 4.69) is 64.7 Å². The summed E-state index contributed by atoms with van der Waals surface area (Å²) in [7, 11) is 5.58. The van der Waals surface area contributed by atoms with Crippen LogP contribution in [0, 0.1) is 13.8 Å². The maximum Gasteiger partial charge on any atom is 0.337 e. The minimum Gasteiger partial charge on any atom is -0.465 e. The number of pyridine rings is 1. The lowest BCUT2D eigenvalue weighted by Crippen LogP contribution is -2.32. The summed E-state index contributed by atoms with van der Waals surface area (Å²) < 4.78 is 7.07. The second kappa shape index (κ2) is 10.6. The molecular formula is C27H33N5O2S. The molecule has 0 bridgehead atoms. The first kappa shape index (κ1) is 24.9. The van der Waals surface area contributed by atoms with Gasteiger partial charge in [-0.05, 0) is 101 Å². The molecule has 1 aromatic carbocycles. The average molecular weight is 492 g/mol. The summed E-state index contributed by atoms with van der Waals surface area (Å²) in [5.41, 5.74) is 5.99. The molecule has 1 fully saturated rings. The summed E-state index contributed by atoms with van der Waals surface area (Å²) in [6.45, 7) is 6.10. The van der Waals surface area contributed by atoms with E-state index in [4.69, 9.17) is 17.0 Å². The molecular weight excluding hydrogens is 458 g/mol. The highest BCUT2D eigenvalue weighted by Crippen LogP contribution is 2.41. The van der Waals surface area contributed by atoms with Gasteiger partial charge in [0.05, 0.1) is 30.5 Å². The first-order valence-corrected chi connectivity index (χ1v) is 12.2. The Kier molecular flexibility index (Phi) is 7.52. The van der Waals surface area contributed by atoms with Crippen LogP contribution in [-0.4, -0.2) is 64.7 Å². The van der Waals surface area contributed by atoms with Crippen molar-refractivity contribution in [2.45, 2.75) is 32.4 Å². The maximum atomic E-state index is 11.9. The van der Waals surface area contributed by atoms with Crippen molar-refractivity contribution in [1.29, 1.82) is 0 Å². The number of aryl methyl sites for hydroxylation is 1. The van der Waals surface area contributed by atoms with Gasteiger partial charge in [0.15, 0.2) is 5.11 Å². The topological polar surface area (TPSA) is 62.6 Å². The Balaban J connectivity index is 1.74. The molecule has 4 rings (SSSR count). The number of hydrogen-bond donors (Lipinski definition) is 1. The van der Waals surface area contributed by atoms with Gasteiger partial charge in [0, 0.05) is 29.8 Å². The molecule has 35 heavy (non-hydrogen) atoms. The van der Waals surface area contributed by atoms with Crippen molar-refractivity contribution in [2.24, 2.45) is 0 Å². The fourth-order valence-electron chi connectivity index (χ4n) is 4.89. The zero-order valence-electron chi connectivity index (χ0n) is 21.0. The van der Waals surface area contributed by atoms with Crippen molar-refractivity contribution in [3.05, 3.63) is 82.9 Å². The molecule has 0 spiro atoms. The Labute approximate surface area is 212 Å². The van der Waals surface area contributed by atoms with Crippen molar-refractivity contribution in [3.8, 4) is 5.69 Å². The van der Waals surface area contributed by atoms with Crippen LogP contribution in [-0.2, 0) is 4.74 Å². The molecule has 2 atom stereocenters. The Morgan fingerprint density at radius 1 is 1.17 bits per heavy atom. The summed E-state index contributed by atoms with van der Waals surface area (Å²) in [4.78, 5) is 21.0. The third-order valence-electron chi connectivity index (χ3n) is 6.54. The lowest BCUT2D eigenvalue weighted by Gasteiger charge is -2.28. The fraction of sp³-hybridized carbons (Fsp3) is 0.370. The summed E-state index contributed by atoms with van der Waals surface area (Å²) >= 11 is 5.82. The number of esters is 1. The van der Waals surface area contributed by atoms with Gasteiger partial charge in [-0.3, -0.25) is 4.98 Å². The van der Waals surface area contributed by atoms with Gasteiger partial charge in [0.2, 0.25) is 0 Å². The second-order valence-corrected chi connectivity index (χ2v) is 9.56. The lowest BCUT2D eigenvalue weighted by atomic mass is 9.96. The van der Waals surface area contributed by atoms with E-state index in [9.17, 15) is 4.79 Å². The molecule has 3 aromatic rings. The molecule has 1 aliphatic heterocycles. The molecule has 1 N–H and O–H groups in total. The SMILES string of the molecule is COC(=O)c1ccc(-n2c(C)cc([C@H]3[C@H](c4ccccn4)NC(=S)N3CCCN(C)C)c2C)cc1. The van der Waals surface area contributed by atoms with Gasteiger partial charge in [-0.15, -0.1) is 0 Å². The smallest absolute Gasteiger partial charge is 0.337 e. The van der Waals surface area contributed by atoms with Crippen molar-refractivity contribution in [2.75, 3.05) is 34.3 Å². The van der Waals surface area contributed by atoms with E-state index in [-0.39, 0.29) is 18.1 Å². The van der Waals surface area contributed by atoms with Crippen molar-refractivity contribution in [1.82, 2.24) is 24.7 Å². The predicted octanol–water partition coefficient (Wildman–Crippen LogP) is 4.20. The summed E-state index contributed by atoms with van der Waals surface area (Å²) in [5, 5.41) is 4.31. The number of carbonyl (C=O) groups is 1. The number of carbonyl (C=O) groups excluding carboxylic acids is 1. The zero-order chi connectivity index (χ0) is 25.1. The van der Waals surface area contributed by atoms with E-state index < -0.39 is 0 Å². The first-order valence-electron chi connectivity index (χ1n) is 11.8. The number of nitrogens with zero attached hydrogens (tertiary/aromatic N) is 4. The zero-order valence-corrected chi connectivity index (χ0v) is 21.8. The second-order valence-electron chi connectivity index (χ2n) is 9.18. The van der Waals surface area contributed by atoms with Crippen molar-refractivity contribution >= 4 is 23.3 Å². The average Bonchev–Trinajstić information content (AvgIpc) is 3.33. The van der Waals surface area contributed by atoms with Crippen LogP contribution in [0.1, 0.15) is 51.5 Å². The number of rotatable bonds is 8. The molecule has 7 nitrogen and oxygen atoms in total. The standard InChI is InChI=1S/C27H33N5O2S/c1-18-17-22(19(2)32(18)21-12-10-20(11-13-21)26(33)34-5)25-24(23-9-6-7-14-28-23)29-27(35)31(25)16-8-15-30(3)4/h6-7,9-14,17,24-25H,8,15-16H2,1-5H3,(H,29,35)/t24-,25-/m0/s1. The monoisotopic (exact) mass is 491 g/mol. The summed E-state index contributed by atoms with van der Waals surface area (Å²) in [6.07, 6.45) is 2.84. The summed E-state index contributed by atoms with van der Waals surface area (Å²) in [5.74, 6) is -0.338. The van der Waals surface area contributed by atoms with Crippen LogP contribution < -0.4 is 5.32 Å². The molecule has 0 unspecified atom stereocenters. The number of ether oxygens (including phenoxy) is 1. The van der Waals surface area contributed by atoms with Gasteiger partial charge in [-0.25, -0.2) is 4.79 Å². The van der Waals surface area contributed by atoms with Crippen LogP contribution in [0.5, 0.6) is 0 Å². The number of hydrogen-bond acceptors (Lipinski definition) is 5. The molecule has 0 saturated carbocycles. The van der Waals surface area contributed by atoms with Crippen LogP contribution >= 0.6 is 12.2 Å². The molecule has 2 aromatic heterocycles. The molecule has 1 aliphatic rings. The van der Waals surface area contributed by atoms with Gasteiger partial charge in [0.25, 0.3) is 0 Å². The van der Waals surface area contributed by atoms with Crippen LogP contribution in [0.4, 0.5) is 0 Å². The van der Waals surface area contributed by atoms with Crippen molar-refractivity contribution in [3.63, 3.8) is 0 Å². The van der Waals surface area contributed by atoms with E-state index in [0.717, 1.165) is 47.4 Å². The van der Waals surface area contributed by atoms with E-state index in [0.29, 0.717) is 5.56 Å². The van der Waals surface area contributed by atoms with Gasteiger partial charge in [-0.1, -0.05) is 6.07 Å². The fourth-order valence-corrected chi connectivity index (χ4v) is 5.22. The van der Waals surface area contributed by atoms with E-state index in [1.807, 2.05) is 30.5 Å². The number of nitrogens with one attached hydrogen (secondary N) is 1. The van der Waals surface area contributed by atoms with E-state index >= 15 is 0 Å². The molecule has 0 amide bonds. The van der Waals surface area contributed by atoms with E-state index in [1.54, 1.807) is 12.1 Å².